The second-order valence-corrected chi connectivity index (χ2v) is 2.98. The Morgan fingerprint density at radius 1 is 1.43 bits per heavy atom. The maximum Gasteiger partial charge on any atom is 0.329 e. The fraction of sp³-hybridized carbons (Fsp3) is 0.375. The van der Waals surface area contributed by atoms with Crippen molar-refractivity contribution in [2.45, 2.75) is 6.92 Å². The molecule has 0 saturated carbocycles. The van der Waals surface area contributed by atoms with E-state index in [0.29, 0.717) is 0 Å². The Morgan fingerprint density at radius 3 is 2.79 bits per heavy atom. The van der Waals surface area contributed by atoms with E-state index in [0.717, 1.165) is 9.13 Å². The van der Waals surface area contributed by atoms with E-state index in [2.05, 4.69) is 4.98 Å². The van der Waals surface area contributed by atoms with Gasteiger partial charge in [0, 0.05) is 18.1 Å². The van der Waals surface area contributed by atoms with Crippen LogP contribution in [0, 0.1) is 6.92 Å². The molecule has 0 bridgehead atoms. The van der Waals surface area contributed by atoms with E-state index >= 15 is 0 Å². The van der Waals surface area contributed by atoms with Crippen LogP contribution in [0.3, 0.4) is 0 Å². The molecule has 0 fully saturated rings. The molecule has 0 saturated heterocycles. The van der Waals surface area contributed by atoms with Crippen LogP contribution in [0.4, 0.5) is 0 Å². The first-order chi connectivity index (χ1) is 7.73. The number of hydrogen-bond acceptors (Lipinski definition) is 3. The molecule has 0 aromatic carbocycles. The van der Waals surface area contributed by atoms with Crippen molar-refractivity contribution in [3.63, 3.8) is 0 Å². The molecule has 14 heavy (non-hydrogen) atoms. The highest BCUT2D eigenvalue weighted by Crippen LogP contribution is 2.06. The highest BCUT2D eigenvalue weighted by atomic mass is 16.2. The van der Waals surface area contributed by atoms with E-state index in [9.17, 15) is 9.59 Å². The molecular weight excluding hydrogens is 184 g/mol. The largest absolute Gasteiger partial charge is 0.329 e. The number of rotatable bonds is 0. The Hall–Kier alpha value is -1.85. The summed E-state index contributed by atoms with van der Waals surface area (Å²) in [5.41, 5.74) is -1.44. The van der Waals surface area contributed by atoms with Crippen molar-refractivity contribution in [3.8, 4) is 0 Å². The van der Waals surface area contributed by atoms with Crippen molar-refractivity contribution in [2.24, 2.45) is 14.0 Å². The minimum atomic E-state index is -2.51. The Morgan fingerprint density at radius 2 is 2.14 bits per heavy atom. The maximum atomic E-state index is 11.7. The van der Waals surface area contributed by atoms with Gasteiger partial charge in [-0.15, -0.1) is 0 Å². The number of aromatic amines is 1. The standard InChI is InChI=1S/C8H10N4O2/c1-4-9-6-5(11(4)2)7(13)10-8(14)12(6)3/h1-3H3,(H,10,13,14)/i2D3. The number of hydrogen-bond donors (Lipinski definition) is 1. The van der Waals surface area contributed by atoms with Gasteiger partial charge in [0.05, 0.1) is 0 Å². The molecule has 0 spiro atoms. The SMILES string of the molecule is [2H]C([2H])([2H])n1c(C)nc2c1c(=O)[nH]c(=O)n2C. The van der Waals surface area contributed by atoms with Crippen LogP contribution >= 0.6 is 0 Å². The van der Waals surface area contributed by atoms with E-state index in [-0.39, 0.29) is 17.0 Å². The second kappa shape index (κ2) is 2.57. The first-order valence-corrected chi connectivity index (χ1v) is 3.92. The Kier molecular flexibility index (Phi) is 1.06. The van der Waals surface area contributed by atoms with Gasteiger partial charge in [-0.3, -0.25) is 14.3 Å². The summed E-state index contributed by atoms with van der Waals surface area (Å²) in [6.45, 7) is -1.04. The molecule has 6 nitrogen and oxygen atoms in total. The minimum Gasteiger partial charge on any atom is -0.325 e. The molecule has 0 unspecified atom stereocenters. The summed E-state index contributed by atoms with van der Waals surface area (Å²) in [6.07, 6.45) is 0. The van der Waals surface area contributed by atoms with E-state index in [1.807, 2.05) is 4.98 Å². The van der Waals surface area contributed by atoms with Gasteiger partial charge in [-0.2, -0.15) is 0 Å². The minimum absolute atomic E-state index is 0.0624. The molecule has 0 aliphatic heterocycles. The third kappa shape index (κ3) is 0.935. The van der Waals surface area contributed by atoms with Gasteiger partial charge in [0.2, 0.25) is 0 Å². The molecule has 74 valence electrons. The third-order valence-electron chi connectivity index (χ3n) is 2.08. The van der Waals surface area contributed by atoms with Crippen LogP contribution in [0.5, 0.6) is 0 Å². The Bertz CT molecular complexity index is 706. The van der Waals surface area contributed by atoms with Gasteiger partial charge in [-0.05, 0) is 6.92 Å². The van der Waals surface area contributed by atoms with Crippen molar-refractivity contribution >= 4 is 11.2 Å². The second-order valence-electron chi connectivity index (χ2n) is 2.98. The van der Waals surface area contributed by atoms with Crippen LogP contribution < -0.4 is 11.2 Å². The topological polar surface area (TPSA) is 72.7 Å². The van der Waals surface area contributed by atoms with Crippen molar-refractivity contribution in [1.82, 2.24) is 19.1 Å². The summed E-state index contributed by atoms with van der Waals surface area (Å²) in [5.74, 6) is 0.159. The normalized spacial score (nSPS) is 15.1. The number of H-pyrrole nitrogens is 1. The zero-order chi connectivity index (χ0) is 13.0. The molecule has 2 rings (SSSR count). The van der Waals surface area contributed by atoms with Crippen molar-refractivity contribution < 1.29 is 4.11 Å². The summed E-state index contributed by atoms with van der Waals surface area (Å²) >= 11 is 0. The number of nitrogens with one attached hydrogen (secondary N) is 1. The average Bonchev–Trinajstić information content (AvgIpc) is 2.52. The van der Waals surface area contributed by atoms with Gasteiger partial charge < -0.3 is 4.57 Å². The molecule has 2 aromatic rings. The molecule has 6 heteroatoms. The van der Waals surface area contributed by atoms with E-state index in [1.54, 1.807) is 0 Å². The van der Waals surface area contributed by atoms with Crippen LogP contribution in [-0.4, -0.2) is 19.1 Å². The van der Waals surface area contributed by atoms with Crippen molar-refractivity contribution in [3.05, 3.63) is 26.7 Å². The average molecular weight is 197 g/mol. The number of imidazole rings is 1. The highest BCUT2D eigenvalue weighted by molar-refractivity contribution is 5.70. The molecular formula is C8H10N4O2. The molecule has 1 N–H and O–H groups in total. The van der Waals surface area contributed by atoms with E-state index in [4.69, 9.17) is 4.11 Å². The predicted molar refractivity (Wildman–Crippen MR) is 51.3 cm³/mol. The van der Waals surface area contributed by atoms with Gasteiger partial charge in [0.15, 0.2) is 11.2 Å². The van der Waals surface area contributed by atoms with Gasteiger partial charge in [0.1, 0.15) is 5.82 Å². The fourth-order valence-electron chi connectivity index (χ4n) is 1.29. The first kappa shape index (κ1) is 5.79. The van der Waals surface area contributed by atoms with Crippen molar-refractivity contribution in [2.75, 3.05) is 0 Å². The molecule has 0 aliphatic rings. The zero-order valence-corrected chi connectivity index (χ0v) is 7.66. The zero-order valence-electron chi connectivity index (χ0n) is 10.7. The van der Waals surface area contributed by atoms with Crippen LogP contribution in [0.1, 0.15) is 9.94 Å². The molecule has 0 amide bonds. The van der Waals surface area contributed by atoms with Gasteiger partial charge in [-0.25, -0.2) is 9.78 Å². The lowest BCUT2D eigenvalue weighted by atomic mass is 10.5. The number of aromatic nitrogens is 4. The van der Waals surface area contributed by atoms with Gasteiger partial charge in [-0.1, -0.05) is 0 Å². The molecule has 0 atom stereocenters. The number of aryl methyl sites for hydroxylation is 3. The lowest BCUT2D eigenvalue weighted by Crippen LogP contribution is -2.29. The molecule has 2 heterocycles. The fourth-order valence-corrected chi connectivity index (χ4v) is 1.29. The van der Waals surface area contributed by atoms with Gasteiger partial charge in [0.25, 0.3) is 5.56 Å². The molecule has 2 aromatic heterocycles. The van der Waals surface area contributed by atoms with Crippen LogP contribution in [0.25, 0.3) is 11.2 Å². The lowest BCUT2D eigenvalue weighted by molar-refractivity contribution is 0.829. The van der Waals surface area contributed by atoms with Crippen LogP contribution in [0.2, 0.25) is 0 Å². The van der Waals surface area contributed by atoms with Gasteiger partial charge >= 0.3 is 5.69 Å². The summed E-state index contributed by atoms with van der Waals surface area (Å²) in [5, 5.41) is 0. The Labute approximate surface area is 83.0 Å². The van der Waals surface area contributed by atoms with E-state index in [1.165, 1.54) is 14.0 Å². The summed E-state index contributed by atoms with van der Waals surface area (Å²) < 4.78 is 24.0. The molecule has 0 aliphatic carbocycles. The quantitative estimate of drug-likeness (QED) is 0.605. The van der Waals surface area contributed by atoms with Crippen molar-refractivity contribution in [1.29, 1.82) is 0 Å². The monoisotopic (exact) mass is 197 g/mol. The smallest absolute Gasteiger partial charge is 0.325 e. The highest BCUT2D eigenvalue weighted by Gasteiger charge is 2.11. The number of fused-ring (bicyclic) bond motifs is 1. The van der Waals surface area contributed by atoms with Crippen LogP contribution in [0.15, 0.2) is 9.59 Å². The van der Waals surface area contributed by atoms with Crippen LogP contribution in [-0.2, 0) is 14.0 Å². The summed E-state index contributed by atoms with van der Waals surface area (Å²) in [7, 11) is 1.41. The number of nitrogens with zero attached hydrogens (tertiary/aromatic N) is 3. The summed E-state index contributed by atoms with van der Waals surface area (Å²) in [6, 6.07) is 0. The third-order valence-corrected chi connectivity index (χ3v) is 2.08. The van der Waals surface area contributed by atoms with E-state index < -0.39 is 18.2 Å². The predicted octanol–water partition coefficient (Wildman–Crippen LogP) is -0.731. The molecule has 0 radical (unpaired) electrons. The maximum absolute atomic E-state index is 11.7. The first-order valence-electron chi connectivity index (χ1n) is 5.42. The summed E-state index contributed by atoms with van der Waals surface area (Å²) in [4.78, 5) is 29.0. The Balaban J connectivity index is 3.09. The lowest BCUT2D eigenvalue weighted by Gasteiger charge is -1.97.